The lowest BCUT2D eigenvalue weighted by Gasteiger charge is -2.29. The van der Waals surface area contributed by atoms with Gasteiger partial charge in [0.05, 0.1) is 5.04 Å². The number of thioether (sulfide) groups is 1. The molecule has 2 aromatic rings. The molecule has 2 aromatic carbocycles. The number of benzene rings is 2. The molecule has 0 bridgehead atoms. The third-order valence-corrected chi connectivity index (χ3v) is 5.64. The molecule has 0 radical (unpaired) electrons. The van der Waals surface area contributed by atoms with E-state index in [9.17, 15) is 0 Å². The number of hydrogen-bond acceptors (Lipinski definition) is 2. The number of hydrogen-bond donors (Lipinski definition) is 0. The van der Waals surface area contributed by atoms with Crippen LogP contribution in [0.3, 0.4) is 0 Å². The van der Waals surface area contributed by atoms with E-state index in [1.165, 1.54) is 41.2 Å². The van der Waals surface area contributed by atoms with Crippen LogP contribution < -0.4 is 0 Å². The SMILES string of the molecule is c1ccc2c(c1)CC2.c1ccc2c(c1)CC2C1=NCCS1. The van der Waals surface area contributed by atoms with Crippen molar-refractivity contribution in [2.24, 2.45) is 4.99 Å². The maximum atomic E-state index is 4.54. The Hall–Kier alpha value is -1.54. The summed E-state index contributed by atoms with van der Waals surface area (Å²) in [5, 5.41) is 1.37. The lowest BCUT2D eigenvalue weighted by molar-refractivity contribution is 0.775. The fourth-order valence-electron chi connectivity index (χ4n) is 3.18. The first kappa shape index (κ1) is 13.1. The van der Waals surface area contributed by atoms with Crippen LogP contribution in [0.25, 0.3) is 0 Å². The van der Waals surface area contributed by atoms with Gasteiger partial charge in [-0.2, -0.15) is 0 Å². The zero-order valence-corrected chi connectivity index (χ0v) is 12.9. The molecule has 0 saturated heterocycles. The van der Waals surface area contributed by atoms with E-state index >= 15 is 0 Å². The van der Waals surface area contributed by atoms with Gasteiger partial charge in [-0.3, -0.25) is 4.99 Å². The highest BCUT2D eigenvalue weighted by Crippen LogP contribution is 2.39. The highest BCUT2D eigenvalue weighted by Gasteiger charge is 2.31. The zero-order valence-electron chi connectivity index (χ0n) is 12.1. The van der Waals surface area contributed by atoms with Crippen LogP contribution in [0.2, 0.25) is 0 Å². The van der Waals surface area contributed by atoms with Gasteiger partial charge in [0.2, 0.25) is 0 Å². The van der Waals surface area contributed by atoms with E-state index in [4.69, 9.17) is 0 Å². The van der Waals surface area contributed by atoms with Crippen LogP contribution in [0.1, 0.15) is 28.2 Å². The molecule has 0 aromatic heterocycles. The minimum absolute atomic E-state index is 0.642. The van der Waals surface area contributed by atoms with Crippen molar-refractivity contribution >= 4 is 16.8 Å². The first-order valence-corrected chi connectivity index (χ1v) is 8.72. The number of nitrogens with zero attached hydrogens (tertiary/aromatic N) is 1. The summed E-state index contributed by atoms with van der Waals surface area (Å²) >= 11 is 1.94. The van der Waals surface area contributed by atoms with Crippen molar-refractivity contribution in [3.8, 4) is 0 Å². The van der Waals surface area contributed by atoms with E-state index in [2.05, 4.69) is 53.5 Å². The van der Waals surface area contributed by atoms with Crippen molar-refractivity contribution in [2.75, 3.05) is 12.3 Å². The van der Waals surface area contributed by atoms with Gasteiger partial charge in [-0.25, -0.2) is 0 Å². The van der Waals surface area contributed by atoms with Crippen molar-refractivity contribution in [1.82, 2.24) is 0 Å². The van der Waals surface area contributed by atoms with Crippen molar-refractivity contribution in [3.63, 3.8) is 0 Å². The summed E-state index contributed by atoms with van der Waals surface area (Å²) in [5.41, 5.74) is 6.12. The highest BCUT2D eigenvalue weighted by atomic mass is 32.2. The van der Waals surface area contributed by atoms with E-state index in [-0.39, 0.29) is 0 Å². The molecule has 106 valence electrons. The lowest BCUT2D eigenvalue weighted by Crippen LogP contribution is -2.22. The maximum Gasteiger partial charge on any atom is 0.0755 e. The predicted octanol–water partition coefficient (Wildman–Crippen LogP) is 4.26. The van der Waals surface area contributed by atoms with Crippen LogP contribution in [0.4, 0.5) is 0 Å². The fourth-order valence-corrected chi connectivity index (χ4v) is 4.17. The Morgan fingerprint density at radius 3 is 2.05 bits per heavy atom. The first-order chi connectivity index (χ1) is 10.4. The Morgan fingerprint density at radius 1 is 0.857 bits per heavy atom. The van der Waals surface area contributed by atoms with Crippen molar-refractivity contribution < 1.29 is 0 Å². The summed E-state index contributed by atoms with van der Waals surface area (Å²) in [6, 6.07) is 17.4. The molecule has 2 heteroatoms. The number of aliphatic imine (C=N–C) groups is 1. The van der Waals surface area contributed by atoms with Gasteiger partial charge in [-0.15, -0.1) is 11.8 Å². The smallest absolute Gasteiger partial charge is 0.0755 e. The van der Waals surface area contributed by atoms with Crippen LogP contribution in [0, 0.1) is 0 Å². The quantitative estimate of drug-likeness (QED) is 0.765. The number of aryl methyl sites for hydroxylation is 2. The molecule has 5 rings (SSSR count). The molecule has 0 fully saturated rings. The van der Waals surface area contributed by atoms with Crippen molar-refractivity contribution in [3.05, 3.63) is 70.8 Å². The highest BCUT2D eigenvalue weighted by molar-refractivity contribution is 8.14. The second-order valence-electron chi connectivity index (χ2n) is 5.79. The molecule has 2 aliphatic carbocycles. The van der Waals surface area contributed by atoms with E-state index in [1.54, 1.807) is 11.1 Å². The zero-order chi connectivity index (χ0) is 14.1. The van der Waals surface area contributed by atoms with Crippen molar-refractivity contribution in [2.45, 2.75) is 25.2 Å². The molecule has 1 atom stereocenters. The molecule has 0 N–H and O–H groups in total. The average molecular weight is 293 g/mol. The summed E-state index contributed by atoms with van der Waals surface area (Å²) in [4.78, 5) is 4.54. The topological polar surface area (TPSA) is 12.4 Å². The lowest BCUT2D eigenvalue weighted by atomic mass is 9.78. The summed E-state index contributed by atoms with van der Waals surface area (Å²) in [5.74, 6) is 1.83. The number of fused-ring (bicyclic) bond motifs is 2. The van der Waals surface area contributed by atoms with Crippen LogP contribution in [0.15, 0.2) is 53.5 Å². The van der Waals surface area contributed by atoms with Crippen LogP contribution in [0.5, 0.6) is 0 Å². The van der Waals surface area contributed by atoms with E-state index in [1.807, 2.05) is 11.8 Å². The standard InChI is InChI=1S/C11H11NS.C8H8/c1-2-4-9-8(3-1)7-10(9)11-12-5-6-13-11;1-2-4-8-6-5-7(8)3-1/h1-4,10H,5-7H2;1-4H,5-6H2. The van der Waals surface area contributed by atoms with Crippen LogP contribution in [-0.2, 0) is 19.3 Å². The summed E-state index contributed by atoms with van der Waals surface area (Å²) < 4.78 is 0. The average Bonchev–Trinajstić information content (AvgIpc) is 2.96. The molecule has 0 saturated carbocycles. The molecule has 1 unspecified atom stereocenters. The summed E-state index contributed by atoms with van der Waals surface area (Å²) in [6.45, 7) is 1.03. The Bertz CT molecular complexity index is 666. The van der Waals surface area contributed by atoms with E-state index < -0.39 is 0 Å². The van der Waals surface area contributed by atoms with Crippen LogP contribution >= 0.6 is 11.8 Å². The second kappa shape index (κ2) is 5.69. The Labute approximate surface area is 130 Å². The molecule has 1 aliphatic heterocycles. The normalized spacial score (nSPS) is 21.0. The van der Waals surface area contributed by atoms with E-state index in [0.29, 0.717) is 5.92 Å². The largest absolute Gasteiger partial charge is 0.281 e. The maximum absolute atomic E-state index is 4.54. The van der Waals surface area contributed by atoms with Gasteiger partial charge < -0.3 is 0 Å². The molecule has 0 spiro atoms. The van der Waals surface area contributed by atoms with Crippen molar-refractivity contribution in [1.29, 1.82) is 0 Å². The number of rotatable bonds is 1. The van der Waals surface area contributed by atoms with Gasteiger partial charge >= 0.3 is 0 Å². The molecular weight excluding hydrogens is 274 g/mol. The Morgan fingerprint density at radius 2 is 1.52 bits per heavy atom. The molecule has 21 heavy (non-hydrogen) atoms. The van der Waals surface area contributed by atoms with Gasteiger partial charge in [0, 0.05) is 18.2 Å². The minimum Gasteiger partial charge on any atom is -0.281 e. The second-order valence-corrected chi connectivity index (χ2v) is 6.91. The molecular formula is C19H19NS. The van der Waals surface area contributed by atoms with Gasteiger partial charge in [0.15, 0.2) is 0 Å². The van der Waals surface area contributed by atoms with Gasteiger partial charge in [0.25, 0.3) is 0 Å². The third-order valence-electron chi connectivity index (χ3n) is 4.54. The van der Waals surface area contributed by atoms with Gasteiger partial charge in [0.1, 0.15) is 0 Å². The van der Waals surface area contributed by atoms with Crippen LogP contribution in [-0.4, -0.2) is 17.3 Å². The van der Waals surface area contributed by atoms with Gasteiger partial charge in [-0.05, 0) is 41.5 Å². The summed E-state index contributed by atoms with van der Waals surface area (Å²) in [6.07, 6.45) is 3.81. The predicted molar refractivity (Wildman–Crippen MR) is 91.5 cm³/mol. The fraction of sp³-hybridized carbons (Fsp3) is 0.316. The molecule has 0 amide bonds. The van der Waals surface area contributed by atoms with Gasteiger partial charge in [-0.1, -0.05) is 48.5 Å². The first-order valence-electron chi connectivity index (χ1n) is 7.73. The Kier molecular flexibility index (Phi) is 3.56. The monoisotopic (exact) mass is 293 g/mol. The summed E-state index contributed by atoms with van der Waals surface area (Å²) in [7, 11) is 0. The molecule has 3 aliphatic rings. The Balaban J connectivity index is 0.000000123. The molecule has 1 nitrogen and oxygen atoms in total. The van der Waals surface area contributed by atoms with E-state index in [0.717, 1.165) is 6.54 Å². The third kappa shape index (κ3) is 2.53. The molecule has 1 heterocycles. The minimum atomic E-state index is 0.642.